The number of carboxylic acids is 2. The van der Waals surface area contributed by atoms with E-state index in [-0.39, 0.29) is 30.7 Å². The van der Waals surface area contributed by atoms with Gasteiger partial charge in [0.1, 0.15) is 17.8 Å². The fourth-order valence-corrected chi connectivity index (χ4v) is 10.7. The summed E-state index contributed by atoms with van der Waals surface area (Å²) < 4.78 is 33.2. The number of aliphatic carboxylic acids is 2. The van der Waals surface area contributed by atoms with Gasteiger partial charge >= 0.3 is 11.9 Å². The second kappa shape index (κ2) is 21.2. The molecular formula is C53H70N2O10+2. The topological polar surface area (TPSA) is 141 Å². The summed E-state index contributed by atoms with van der Waals surface area (Å²) >= 11 is 0. The minimum absolute atomic E-state index is 0.0453. The van der Waals surface area contributed by atoms with E-state index in [1.807, 2.05) is 24.3 Å². The van der Waals surface area contributed by atoms with Gasteiger partial charge in [0.15, 0.2) is 34.5 Å². The van der Waals surface area contributed by atoms with Crippen LogP contribution in [0.25, 0.3) is 0 Å². The van der Waals surface area contributed by atoms with E-state index in [0.29, 0.717) is 58.2 Å². The maximum absolute atomic E-state index is 12.3. The summed E-state index contributed by atoms with van der Waals surface area (Å²) in [6.45, 7) is 3.71. The number of phenols is 1. The third-order valence-corrected chi connectivity index (χ3v) is 14.5. The standard InChI is InChI=1S/C53H68N2O10/c1-54(26-14-10-6-8-12-16-49(56)57)28-24-38-33-45(62-4)47-35-41(38)42(54)30-36-18-21-40(22-19-36)64-46-32-37(20-23-44(46)61-3)31-43-51-39(34-48(63-5)52(60)53(51)65-47)25-29-55(43,2)27-15-11-7-9-13-17-50(58)59/h18-23,32-35,42-43H,6-17,24-31H2,1-5H3,(H-2,56,57,58,59,60)/p+2. The molecule has 0 fully saturated rings. The Morgan fingerprint density at radius 3 is 1.74 bits per heavy atom. The normalized spacial score (nSPS) is 20.9. The van der Waals surface area contributed by atoms with Gasteiger partial charge in [0.25, 0.3) is 0 Å². The second-order valence-corrected chi connectivity index (χ2v) is 19.0. The van der Waals surface area contributed by atoms with Crippen LogP contribution >= 0.6 is 0 Å². The van der Waals surface area contributed by atoms with Gasteiger partial charge in [-0.1, -0.05) is 43.9 Å². The highest BCUT2D eigenvalue weighted by molar-refractivity contribution is 5.67. The summed E-state index contributed by atoms with van der Waals surface area (Å²) in [6, 6.07) is 20.8. The van der Waals surface area contributed by atoms with Gasteiger partial charge in [-0.25, -0.2) is 0 Å². The first-order valence-corrected chi connectivity index (χ1v) is 23.7. The summed E-state index contributed by atoms with van der Waals surface area (Å²) in [5, 5.41) is 30.5. The molecule has 0 aliphatic carbocycles. The molecule has 65 heavy (non-hydrogen) atoms. The largest absolute Gasteiger partial charge is 0.502 e. The molecule has 0 spiro atoms. The predicted octanol–water partition coefficient (Wildman–Crippen LogP) is 10.7. The number of ether oxygens (including phenoxy) is 5. The lowest BCUT2D eigenvalue weighted by Crippen LogP contribution is -2.52. The van der Waals surface area contributed by atoms with E-state index >= 15 is 0 Å². The highest BCUT2D eigenvalue weighted by Gasteiger charge is 2.44. The van der Waals surface area contributed by atoms with Crippen LogP contribution in [0.15, 0.2) is 60.7 Å². The number of methoxy groups -OCH3 is 3. The number of carboxylic acid groups (broad SMARTS) is 2. The van der Waals surface area contributed by atoms with Gasteiger partial charge in [-0.3, -0.25) is 9.59 Å². The van der Waals surface area contributed by atoms with E-state index in [0.717, 1.165) is 124 Å². The van der Waals surface area contributed by atoms with Crippen LogP contribution in [0.3, 0.4) is 0 Å². The van der Waals surface area contributed by atoms with E-state index in [4.69, 9.17) is 33.9 Å². The van der Waals surface area contributed by atoms with E-state index < -0.39 is 11.9 Å². The molecule has 4 aromatic rings. The Balaban J connectivity index is 1.33. The molecule has 3 N–H and O–H groups in total. The summed E-state index contributed by atoms with van der Waals surface area (Å²) in [6.07, 6.45) is 12.7. The van der Waals surface area contributed by atoms with E-state index in [9.17, 15) is 14.7 Å². The van der Waals surface area contributed by atoms with Crippen LogP contribution in [0, 0.1) is 0 Å². The van der Waals surface area contributed by atoms with Crippen LogP contribution in [-0.4, -0.2) is 97.8 Å². The van der Waals surface area contributed by atoms with Crippen molar-refractivity contribution in [3.05, 3.63) is 94.0 Å². The summed E-state index contributed by atoms with van der Waals surface area (Å²) in [5.41, 5.74) is 6.70. The Bertz CT molecular complexity index is 2300. The first kappa shape index (κ1) is 47.5. The lowest BCUT2D eigenvalue weighted by Gasteiger charge is -2.47. The maximum Gasteiger partial charge on any atom is 0.303 e. The number of hydrogen-bond acceptors (Lipinski definition) is 8. The smallest absolute Gasteiger partial charge is 0.303 e. The molecule has 12 heteroatoms. The quantitative estimate of drug-likeness (QED) is 0.0615. The highest BCUT2D eigenvalue weighted by Crippen LogP contribution is 2.53. The number of hydrogen-bond donors (Lipinski definition) is 3. The van der Waals surface area contributed by atoms with E-state index in [1.165, 1.54) is 16.7 Å². The van der Waals surface area contributed by atoms with Crippen molar-refractivity contribution < 1.29 is 57.6 Å². The molecule has 350 valence electrons. The van der Waals surface area contributed by atoms with Crippen molar-refractivity contribution in [3.8, 4) is 46.0 Å². The van der Waals surface area contributed by atoms with Gasteiger partial charge < -0.3 is 48.0 Å². The number of carbonyl (C=O) groups is 2. The number of likely N-dealkylation sites (N-methyl/N-ethyl adjacent to an activating group) is 2. The van der Waals surface area contributed by atoms with Crippen molar-refractivity contribution >= 4 is 11.9 Å². The molecule has 0 aromatic heterocycles. The van der Waals surface area contributed by atoms with Gasteiger partial charge in [-0.2, -0.15) is 0 Å². The number of nitrogens with zero attached hydrogens (tertiary/aromatic N) is 2. The Kier molecular flexibility index (Phi) is 15.5. The summed E-state index contributed by atoms with van der Waals surface area (Å²) in [4.78, 5) is 22.2. The minimum atomic E-state index is -0.746. The zero-order chi connectivity index (χ0) is 46.1. The summed E-state index contributed by atoms with van der Waals surface area (Å²) in [7, 11) is 9.60. The Morgan fingerprint density at radius 2 is 1.12 bits per heavy atom. The van der Waals surface area contributed by atoms with Crippen molar-refractivity contribution in [2.24, 2.45) is 0 Å². The van der Waals surface area contributed by atoms with Crippen molar-refractivity contribution in [2.75, 3.05) is 61.6 Å². The number of fused-ring (bicyclic) bond motifs is 2. The number of aromatic hydroxyl groups is 1. The molecule has 0 saturated carbocycles. The average Bonchev–Trinajstić information content (AvgIpc) is 3.28. The van der Waals surface area contributed by atoms with E-state index in [1.54, 1.807) is 21.3 Å². The average molecular weight is 895 g/mol. The second-order valence-electron chi connectivity index (χ2n) is 19.0. The van der Waals surface area contributed by atoms with Gasteiger partial charge in [-0.05, 0) is 103 Å². The molecule has 4 aromatic carbocycles. The SMILES string of the molecule is COc1ccc2cc1Oc1ccc(cc1)CC1c3cc(c(OC)cc3CC[N+]1(C)CCCCCCCC(=O)O)Oc1c(O)c(OC)cc3c1C(C2)[N+](C)(CCCCCCCC(=O)O)CC3. The van der Waals surface area contributed by atoms with Gasteiger partial charge in [-0.15, -0.1) is 0 Å². The monoisotopic (exact) mass is 895 g/mol. The van der Waals surface area contributed by atoms with Crippen molar-refractivity contribution in [2.45, 2.75) is 115 Å². The number of benzene rings is 4. The molecule has 4 aliphatic heterocycles. The fraction of sp³-hybridized carbons (Fsp3) is 0.509. The third-order valence-electron chi connectivity index (χ3n) is 14.5. The molecule has 0 radical (unpaired) electrons. The fourth-order valence-electron chi connectivity index (χ4n) is 10.7. The van der Waals surface area contributed by atoms with Crippen LogP contribution in [-0.2, 0) is 35.3 Å². The number of unbranched alkanes of at least 4 members (excludes halogenated alkanes) is 8. The molecule has 8 rings (SSSR count). The van der Waals surface area contributed by atoms with Crippen LogP contribution in [0.1, 0.15) is 123 Å². The van der Waals surface area contributed by atoms with Crippen LogP contribution < -0.4 is 23.7 Å². The first-order chi connectivity index (χ1) is 31.3. The molecule has 12 nitrogen and oxygen atoms in total. The van der Waals surface area contributed by atoms with Gasteiger partial charge in [0.2, 0.25) is 5.75 Å². The zero-order valence-electron chi connectivity index (χ0n) is 39.2. The third kappa shape index (κ3) is 11.2. The predicted molar refractivity (Wildman–Crippen MR) is 250 cm³/mol. The van der Waals surface area contributed by atoms with Crippen LogP contribution in [0.5, 0.6) is 46.0 Å². The van der Waals surface area contributed by atoms with Crippen LogP contribution in [0.4, 0.5) is 0 Å². The highest BCUT2D eigenvalue weighted by atomic mass is 16.5. The molecule has 0 amide bonds. The number of quaternary nitrogens is 2. The minimum Gasteiger partial charge on any atom is -0.502 e. The Labute approximate surface area is 384 Å². The molecule has 6 bridgehead atoms. The Morgan fingerprint density at radius 1 is 0.600 bits per heavy atom. The van der Waals surface area contributed by atoms with Crippen molar-refractivity contribution in [1.82, 2.24) is 0 Å². The molecule has 4 aliphatic rings. The number of rotatable bonds is 19. The molecule has 0 saturated heterocycles. The Hall–Kier alpha value is -5.46. The van der Waals surface area contributed by atoms with Gasteiger partial charge in [0, 0.05) is 44.1 Å². The maximum atomic E-state index is 12.3. The molecule has 4 heterocycles. The lowest BCUT2D eigenvalue weighted by molar-refractivity contribution is -0.941. The number of phenolic OH excluding ortho intramolecular Hbond substituents is 1. The van der Waals surface area contributed by atoms with Gasteiger partial charge in [0.05, 0.1) is 67.2 Å². The first-order valence-electron chi connectivity index (χ1n) is 23.7. The molecule has 4 unspecified atom stereocenters. The van der Waals surface area contributed by atoms with Crippen molar-refractivity contribution in [1.29, 1.82) is 0 Å². The summed E-state index contributed by atoms with van der Waals surface area (Å²) in [5.74, 6) is 2.37. The molecular weight excluding hydrogens is 825 g/mol. The van der Waals surface area contributed by atoms with E-state index in [2.05, 4.69) is 50.5 Å². The van der Waals surface area contributed by atoms with Crippen LogP contribution in [0.2, 0.25) is 0 Å². The zero-order valence-corrected chi connectivity index (χ0v) is 39.2. The molecule has 4 atom stereocenters. The van der Waals surface area contributed by atoms with Crippen molar-refractivity contribution in [3.63, 3.8) is 0 Å². The lowest BCUT2D eigenvalue weighted by atomic mass is 9.84.